The molecule has 0 atom stereocenters. The van der Waals surface area contributed by atoms with Crippen LogP contribution >= 0.6 is 0 Å². The molecule has 0 saturated heterocycles. The van der Waals surface area contributed by atoms with Gasteiger partial charge in [0.15, 0.2) is 11.5 Å². The zero-order valence-electron chi connectivity index (χ0n) is 15.7. The molecular formula is C21H18N4O3. The Balaban J connectivity index is 1.80. The molecule has 0 aliphatic rings. The summed E-state index contributed by atoms with van der Waals surface area (Å²) in [7, 11) is 2.85. The van der Waals surface area contributed by atoms with Crippen LogP contribution in [0.15, 0.2) is 54.6 Å². The van der Waals surface area contributed by atoms with E-state index in [4.69, 9.17) is 14.6 Å². The lowest BCUT2D eigenvalue weighted by atomic mass is 10.1. The molecule has 7 heteroatoms. The number of hydrogen-bond acceptors (Lipinski definition) is 6. The van der Waals surface area contributed by atoms with Gasteiger partial charge < -0.3 is 9.47 Å². The summed E-state index contributed by atoms with van der Waals surface area (Å²) in [5, 5.41) is 13.2. The highest BCUT2D eigenvalue weighted by Gasteiger charge is 2.15. The Bertz CT molecular complexity index is 1170. The van der Waals surface area contributed by atoms with Crippen LogP contribution in [0, 0.1) is 6.92 Å². The fourth-order valence-corrected chi connectivity index (χ4v) is 2.95. The number of aryl methyl sites for hydroxylation is 1. The van der Waals surface area contributed by atoms with Gasteiger partial charge >= 0.3 is 5.97 Å². The Labute approximate surface area is 161 Å². The quantitative estimate of drug-likeness (QED) is 0.508. The number of benzene rings is 2. The largest absolute Gasteiger partial charge is 0.496 e. The monoisotopic (exact) mass is 374 g/mol. The second-order valence-electron chi connectivity index (χ2n) is 6.28. The van der Waals surface area contributed by atoms with Gasteiger partial charge in [-0.2, -0.15) is 9.61 Å². The van der Waals surface area contributed by atoms with E-state index in [0.717, 1.165) is 11.1 Å². The molecule has 0 N–H and O–H groups in total. The molecule has 0 saturated carbocycles. The lowest BCUT2D eigenvalue weighted by Gasteiger charge is -2.09. The third-order valence-electron chi connectivity index (χ3n) is 4.48. The number of hydrogen-bond donors (Lipinski definition) is 0. The molecule has 0 unspecified atom stereocenters. The van der Waals surface area contributed by atoms with Gasteiger partial charge in [0, 0.05) is 11.1 Å². The molecule has 2 aromatic heterocycles. The summed E-state index contributed by atoms with van der Waals surface area (Å²) in [5.74, 6) is 0.635. The van der Waals surface area contributed by atoms with E-state index in [1.807, 2.05) is 43.3 Å². The second kappa shape index (κ2) is 7.11. The van der Waals surface area contributed by atoms with E-state index in [9.17, 15) is 4.79 Å². The van der Waals surface area contributed by atoms with Crippen molar-refractivity contribution in [3.63, 3.8) is 0 Å². The van der Waals surface area contributed by atoms with Gasteiger partial charge in [-0.05, 0) is 31.2 Å². The predicted molar refractivity (Wildman–Crippen MR) is 104 cm³/mol. The number of methoxy groups -OCH3 is 2. The minimum absolute atomic E-state index is 0.361. The molecular weight excluding hydrogens is 356 g/mol. The summed E-state index contributed by atoms with van der Waals surface area (Å²) >= 11 is 0. The van der Waals surface area contributed by atoms with Gasteiger partial charge in [0.2, 0.25) is 0 Å². The minimum atomic E-state index is -0.452. The van der Waals surface area contributed by atoms with Crippen molar-refractivity contribution in [3.05, 3.63) is 65.7 Å². The van der Waals surface area contributed by atoms with Crippen LogP contribution in [-0.2, 0) is 4.74 Å². The summed E-state index contributed by atoms with van der Waals surface area (Å²) in [5.41, 5.74) is 4.62. The number of aromatic nitrogens is 4. The highest BCUT2D eigenvalue weighted by molar-refractivity contribution is 5.93. The van der Waals surface area contributed by atoms with Crippen molar-refractivity contribution in [1.29, 1.82) is 0 Å². The molecule has 4 aromatic rings. The smallest absolute Gasteiger partial charge is 0.341 e. The van der Waals surface area contributed by atoms with Crippen LogP contribution in [-0.4, -0.2) is 40.0 Å². The second-order valence-corrected chi connectivity index (χ2v) is 6.28. The zero-order chi connectivity index (χ0) is 19.7. The topological polar surface area (TPSA) is 78.6 Å². The number of carbonyl (C=O) groups excluding carboxylic acids is 1. The van der Waals surface area contributed by atoms with Crippen LogP contribution in [0.2, 0.25) is 0 Å². The van der Waals surface area contributed by atoms with Crippen molar-refractivity contribution in [2.24, 2.45) is 0 Å². The van der Waals surface area contributed by atoms with Gasteiger partial charge in [0.05, 0.1) is 19.9 Å². The molecule has 0 radical (unpaired) electrons. The Morgan fingerprint density at radius 3 is 2.39 bits per heavy atom. The zero-order valence-corrected chi connectivity index (χ0v) is 15.7. The predicted octanol–water partition coefficient (Wildman–Crippen LogP) is 3.56. The Kier molecular flexibility index (Phi) is 4.49. The fourth-order valence-electron chi connectivity index (χ4n) is 2.95. The number of rotatable bonds is 4. The van der Waals surface area contributed by atoms with Crippen LogP contribution in [0.5, 0.6) is 5.75 Å². The molecule has 0 amide bonds. The summed E-state index contributed by atoms with van der Waals surface area (Å²) in [6.07, 6.45) is 0. The van der Waals surface area contributed by atoms with E-state index in [2.05, 4.69) is 10.2 Å². The first-order valence-electron chi connectivity index (χ1n) is 8.67. The lowest BCUT2D eigenvalue weighted by Crippen LogP contribution is -2.04. The standard InChI is InChI=1S/C21H18N4O3/c1-13-4-6-14(7-5-13)20-23-22-19-11-10-17(24-25(19)20)15-8-9-16(21(26)28-3)18(12-15)27-2/h4-12H,1-3H3. The average Bonchev–Trinajstić information content (AvgIpc) is 3.16. The molecule has 2 heterocycles. The molecule has 0 bridgehead atoms. The molecule has 140 valence electrons. The normalized spacial score (nSPS) is 10.8. The van der Waals surface area contributed by atoms with E-state index in [0.29, 0.717) is 28.5 Å². The van der Waals surface area contributed by atoms with Crippen molar-refractivity contribution < 1.29 is 14.3 Å². The third kappa shape index (κ3) is 3.07. The maximum atomic E-state index is 11.9. The van der Waals surface area contributed by atoms with Gasteiger partial charge in [-0.25, -0.2) is 4.79 Å². The molecule has 4 rings (SSSR count). The first kappa shape index (κ1) is 17.7. The lowest BCUT2D eigenvalue weighted by molar-refractivity contribution is 0.0597. The van der Waals surface area contributed by atoms with Crippen LogP contribution in [0.4, 0.5) is 0 Å². The Morgan fingerprint density at radius 2 is 1.68 bits per heavy atom. The van der Waals surface area contributed by atoms with E-state index in [1.165, 1.54) is 19.8 Å². The summed E-state index contributed by atoms with van der Waals surface area (Å²) in [4.78, 5) is 11.9. The van der Waals surface area contributed by atoms with Crippen LogP contribution in [0.1, 0.15) is 15.9 Å². The minimum Gasteiger partial charge on any atom is -0.496 e. The van der Waals surface area contributed by atoms with Gasteiger partial charge in [0.25, 0.3) is 0 Å². The number of ether oxygens (including phenoxy) is 2. The van der Waals surface area contributed by atoms with E-state index < -0.39 is 5.97 Å². The van der Waals surface area contributed by atoms with Crippen LogP contribution < -0.4 is 4.74 Å². The summed E-state index contributed by atoms with van der Waals surface area (Å²) < 4.78 is 11.8. The van der Waals surface area contributed by atoms with Crippen molar-refractivity contribution in [2.45, 2.75) is 6.92 Å². The van der Waals surface area contributed by atoms with Gasteiger partial charge in [-0.1, -0.05) is 35.9 Å². The number of carbonyl (C=O) groups is 1. The summed E-state index contributed by atoms with van der Waals surface area (Å²) in [6.45, 7) is 2.04. The van der Waals surface area contributed by atoms with Crippen LogP contribution in [0.25, 0.3) is 28.3 Å². The summed E-state index contributed by atoms with van der Waals surface area (Å²) in [6, 6.07) is 17.0. The van der Waals surface area contributed by atoms with Crippen LogP contribution in [0.3, 0.4) is 0 Å². The maximum absolute atomic E-state index is 11.9. The van der Waals surface area contributed by atoms with Crippen molar-refractivity contribution >= 4 is 11.6 Å². The molecule has 0 aliphatic heterocycles. The molecule has 2 aromatic carbocycles. The van der Waals surface area contributed by atoms with Crippen molar-refractivity contribution in [3.8, 4) is 28.4 Å². The van der Waals surface area contributed by atoms with Gasteiger partial charge in [-0.15, -0.1) is 10.2 Å². The molecule has 0 fully saturated rings. The fraction of sp³-hybridized carbons (Fsp3) is 0.143. The van der Waals surface area contributed by atoms with Crippen molar-refractivity contribution in [1.82, 2.24) is 19.8 Å². The Hall–Kier alpha value is -3.74. The van der Waals surface area contributed by atoms with E-state index in [1.54, 1.807) is 22.7 Å². The maximum Gasteiger partial charge on any atom is 0.341 e. The molecule has 28 heavy (non-hydrogen) atoms. The number of nitrogens with zero attached hydrogens (tertiary/aromatic N) is 4. The van der Waals surface area contributed by atoms with E-state index in [-0.39, 0.29) is 0 Å². The first-order chi connectivity index (χ1) is 13.6. The highest BCUT2D eigenvalue weighted by atomic mass is 16.5. The number of esters is 1. The SMILES string of the molecule is COC(=O)c1ccc(-c2ccc3nnc(-c4ccc(C)cc4)n3n2)cc1OC. The van der Waals surface area contributed by atoms with Crippen molar-refractivity contribution in [2.75, 3.05) is 14.2 Å². The Morgan fingerprint density at radius 1 is 0.929 bits per heavy atom. The average molecular weight is 374 g/mol. The molecule has 7 nitrogen and oxygen atoms in total. The van der Waals surface area contributed by atoms with Gasteiger partial charge in [-0.3, -0.25) is 0 Å². The van der Waals surface area contributed by atoms with Gasteiger partial charge in [0.1, 0.15) is 11.3 Å². The molecule has 0 spiro atoms. The first-order valence-corrected chi connectivity index (χ1v) is 8.67. The van der Waals surface area contributed by atoms with E-state index >= 15 is 0 Å². The number of fused-ring (bicyclic) bond motifs is 1. The molecule has 0 aliphatic carbocycles. The highest BCUT2D eigenvalue weighted by Crippen LogP contribution is 2.27. The third-order valence-corrected chi connectivity index (χ3v) is 4.48.